The molecule has 1 aromatic carbocycles. The molecule has 0 unspecified atom stereocenters. The van der Waals surface area contributed by atoms with Crippen molar-refractivity contribution in [3.8, 4) is 0 Å². The van der Waals surface area contributed by atoms with Crippen LogP contribution in [0.1, 0.15) is 49.9 Å². The number of carbonyl (C=O) groups excluding carboxylic acids is 1. The second kappa shape index (κ2) is 8.52. The van der Waals surface area contributed by atoms with E-state index in [1.807, 2.05) is 18.2 Å². The van der Waals surface area contributed by atoms with E-state index >= 15 is 0 Å². The smallest absolute Gasteiger partial charge is 0.338 e. The number of hydrogen-bond donors (Lipinski definition) is 0. The molecule has 0 spiro atoms. The van der Waals surface area contributed by atoms with Crippen LogP contribution in [0.2, 0.25) is 0 Å². The number of esters is 1. The lowest BCUT2D eigenvalue weighted by molar-refractivity contribution is 0.0484. The van der Waals surface area contributed by atoms with Gasteiger partial charge in [-0.05, 0) is 44.2 Å². The molecule has 1 rings (SSSR count). The van der Waals surface area contributed by atoms with Gasteiger partial charge < -0.3 is 4.74 Å². The predicted octanol–water partition coefficient (Wildman–Crippen LogP) is 4.62. The van der Waals surface area contributed by atoms with Crippen LogP contribution in [0.5, 0.6) is 0 Å². The highest BCUT2D eigenvalue weighted by atomic mass is 16.5. The van der Waals surface area contributed by atoms with E-state index in [0.29, 0.717) is 18.1 Å². The lowest BCUT2D eigenvalue weighted by Gasteiger charge is -2.11. The number of carbonyl (C=O) groups is 1. The largest absolute Gasteiger partial charge is 0.462 e. The number of rotatable bonds is 8. The third-order valence-corrected chi connectivity index (χ3v) is 3.15. The second-order valence-electron chi connectivity index (χ2n) is 5.25. The van der Waals surface area contributed by atoms with Gasteiger partial charge in [0.2, 0.25) is 0 Å². The molecule has 0 saturated heterocycles. The topological polar surface area (TPSA) is 26.3 Å². The minimum Gasteiger partial charge on any atom is -0.462 e. The van der Waals surface area contributed by atoms with Crippen LogP contribution < -0.4 is 0 Å². The first-order valence-corrected chi connectivity index (χ1v) is 6.96. The van der Waals surface area contributed by atoms with Gasteiger partial charge in [-0.3, -0.25) is 0 Å². The van der Waals surface area contributed by atoms with Crippen molar-refractivity contribution in [2.45, 2.75) is 39.5 Å². The van der Waals surface area contributed by atoms with Gasteiger partial charge >= 0.3 is 5.97 Å². The maximum absolute atomic E-state index is 11.7. The third-order valence-electron chi connectivity index (χ3n) is 3.15. The van der Waals surface area contributed by atoms with Crippen LogP contribution in [0, 0.1) is 5.92 Å². The Morgan fingerprint density at radius 1 is 1.26 bits per heavy atom. The van der Waals surface area contributed by atoms with E-state index < -0.39 is 0 Å². The highest BCUT2D eigenvalue weighted by Gasteiger charge is 2.07. The van der Waals surface area contributed by atoms with Crippen molar-refractivity contribution in [1.29, 1.82) is 0 Å². The Morgan fingerprint density at radius 3 is 2.58 bits per heavy atom. The van der Waals surface area contributed by atoms with E-state index in [-0.39, 0.29) is 5.97 Å². The summed E-state index contributed by atoms with van der Waals surface area (Å²) in [6, 6.07) is 9.13. The number of hydrogen-bond acceptors (Lipinski definition) is 2. The lowest BCUT2D eigenvalue weighted by atomic mass is 9.99. The zero-order chi connectivity index (χ0) is 14.1. The molecule has 1 atom stereocenters. The summed E-state index contributed by atoms with van der Waals surface area (Å²) >= 11 is 0. The van der Waals surface area contributed by atoms with Crippen molar-refractivity contribution < 1.29 is 9.53 Å². The minimum absolute atomic E-state index is 0.227. The Bertz CT molecular complexity index is 395. The average Bonchev–Trinajstić information content (AvgIpc) is 2.39. The van der Waals surface area contributed by atoms with E-state index in [4.69, 9.17) is 4.74 Å². The van der Waals surface area contributed by atoms with Gasteiger partial charge in [-0.25, -0.2) is 4.79 Å². The first-order valence-electron chi connectivity index (χ1n) is 6.96. The molecule has 0 radical (unpaired) electrons. The Hall–Kier alpha value is -1.57. The predicted molar refractivity (Wildman–Crippen MR) is 79.2 cm³/mol. The first-order chi connectivity index (χ1) is 9.09. The molecule has 0 saturated carbocycles. The van der Waals surface area contributed by atoms with Crippen LogP contribution in [0.15, 0.2) is 42.5 Å². The molecule has 104 valence electrons. The van der Waals surface area contributed by atoms with Crippen LogP contribution in [0.3, 0.4) is 0 Å². The van der Waals surface area contributed by atoms with Gasteiger partial charge in [0, 0.05) is 0 Å². The zero-order valence-corrected chi connectivity index (χ0v) is 12.0. The molecule has 2 heteroatoms. The molecular weight excluding hydrogens is 236 g/mol. The highest BCUT2D eigenvalue weighted by molar-refractivity contribution is 5.89. The zero-order valence-electron chi connectivity index (χ0n) is 12.0. The molecule has 0 heterocycles. The van der Waals surface area contributed by atoms with Gasteiger partial charge in [0.15, 0.2) is 0 Å². The van der Waals surface area contributed by atoms with Crippen LogP contribution >= 0.6 is 0 Å². The van der Waals surface area contributed by atoms with E-state index in [1.54, 1.807) is 12.1 Å². The van der Waals surface area contributed by atoms with Crippen molar-refractivity contribution in [2.75, 3.05) is 6.61 Å². The minimum atomic E-state index is -0.227. The van der Waals surface area contributed by atoms with Gasteiger partial charge in [0.25, 0.3) is 0 Å². The van der Waals surface area contributed by atoms with E-state index in [2.05, 4.69) is 20.4 Å². The molecule has 2 nitrogen and oxygen atoms in total. The lowest BCUT2D eigenvalue weighted by Crippen LogP contribution is -2.09. The standard InChI is InChI=1S/C17H24O2/c1-14(2)8-7-9-15(3)12-13-19-17(18)16-10-5-4-6-11-16/h4-6,10-11,15H,1,7-9,12-13H2,2-3H3/t15-/m0/s1. The number of allylic oxidation sites excluding steroid dienone is 1. The van der Waals surface area contributed by atoms with E-state index in [0.717, 1.165) is 19.3 Å². The molecule has 0 aliphatic rings. The fourth-order valence-electron chi connectivity index (χ4n) is 1.91. The van der Waals surface area contributed by atoms with Crippen molar-refractivity contribution in [2.24, 2.45) is 5.92 Å². The first kappa shape index (κ1) is 15.5. The van der Waals surface area contributed by atoms with Crippen LogP contribution in [0.25, 0.3) is 0 Å². The molecular formula is C17H24O2. The highest BCUT2D eigenvalue weighted by Crippen LogP contribution is 2.14. The molecule has 19 heavy (non-hydrogen) atoms. The molecule has 0 amide bonds. The molecule has 0 bridgehead atoms. The van der Waals surface area contributed by atoms with Crippen molar-refractivity contribution in [1.82, 2.24) is 0 Å². The Morgan fingerprint density at radius 2 is 1.95 bits per heavy atom. The maximum Gasteiger partial charge on any atom is 0.338 e. The van der Waals surface area contributed by atoms with Gasteiger partial charge in [-0.1, -0.05) is 37.1 Å². The third kappa shape index (κ3) is 6.80. The quantitative estimate of drug-likeness (QED) is 0.503. The van der Waals surface area contributed by atoms with Gasteiger partial charge in [-0.15, -0.1) is 6.58 Å². The summed E-state index contributed by atoms with van der Waals surface area (Å²) in [4.78, 5) is 11.7. The van der Waals surface area contributed by atoms with Crippen molar-refractivity contribution in [3.05, 3.63) is 48.0 Å². The fraction of sp³-hybridized carbons (Fsp3) is 0.471. The normalized spacial score (nSPS) is 11.9. The summed E-state index contributed by atoms with van der Waals surface area (Å²) < 4.78 is 5.27. The SMILES string of the molecule is C=C(C)CCC[C@H](C)CCOC(=O)c1ccccc1. The monoisotopic (exact) mass is 260 g/mol. The molecule has 0 aromatic heterocycles. The summed E-state index contributed by atoms with van der Waals surface area (Å²) in [5.41, 5.74) is 1.86. The summed E-state index contributed by atoms with van der Waals surface area (Å²) in [5.74, 6) is 0.359. The Balaban J connectivity index is 2.16. The Labute approximate surface area is 116 Å². The molecule has 0 aliphatic heterocycles. The molecule has 1 aromatic rings. The molecule has 0 aliphatic carbocycles. The van der Waals surface area contributed by atoms with Crippen LogP contribution in [-0.4, -0.2) is 12.6 Å². The number of ether oxygens (including phenoxy) is 1. The van der Waals surface area contributed by atoms with Crippen molar-refractivity contribution >= 4 is 5.97 Å². The van der Waals surface area contributed by atoms with Gasteiger partial charge in [0.1, 0.15) is 0 Å². The van der Waals surface area contributed by atoms with Gasteiger partial charge in [-0.2, -0.15) is 0 Å². The fourth-order valence-corrected chi connectivity index (χ4v) is 1.91. The van der Waals surface area contributed by atoms with Gasteiger partial charge in [0.05, 0.1) is 12.2 Å². The van der Waals surface area contributed by atoms with Crippen LogP contribution in [-0.2, 0) is 4.74 Å². The van der Waals surface area contributed by atoms with E-state index in [9.17, 15) is 4.79 Å². The maximum atomic E-state index is 11.7. The van der Waals surface area contributed by atoms with E-state index in [1.165, 1.54) is 12.0 Å². The van der Waals surface area contributed by atoms with Crippen molar-refractivity contribution in [3.63, 3.8) is 0 Å². The summed E-state index contributed by atoms with van der Waals surface area (Å²) in [6.07, 6.45) is 4.35. The Kier molecular flexibility index (Phi) is 6.94. The van der Waals surface area contributed by atoms with Crippen LogP contribution in [0.4, 0.5) is 0 Å². The molecule has 0 N–H and O–H groups in total. The summed E-state index contributed by atoms with van der Waals surface area (Å²) in [6.45, 7) is 8.67. The molecule has 0 fully saturated rings. The summed E-state index contributed by atoms with van der Waals surface area (Å²) in [7, 11) is 0. The second-order valence-corrected chi connectivity index (χ2v) is 5.25. The summed E-state index contributed by atoms with van der Waals surface area (Å²) in [5, 5.41) is 0. The number of benzene rings is 1. The average molecular weight is 260 g/mol.